The van der Waals surface area contributed by atoms with Gasteiger partial charge >= 0.3 is 0 Å². The van der Waals surface area contributed by atoms with E-state index in [1.54, 1.807) is 0 Å². The van der Waals surface area contributed by atoms with Gasteiger partial charge in [-0.15, -0.1) is 0 Å². The van der Waals surface area contributed by atoms with E-state index >= 15 is 0 Å². The number of aromatic nitrogens is 3. The number of hydrogen-bond acceptors (Lipinski definition) is 2. The maximum absolute atomic E-state index is 6.21. The predicted octanol–water partition coefficient (Wildman–Crippen LogP) is 4.98. The summed E-state index contributed by atoms with van der Waals surface area (Å²) in [6.45, 7) is 0. The van der Waals surface area contributed by atoms with Crippen LogP contribution in [0.15, 0.2) is 73.1 Å². The number of aryl methyl sites for hydroxylation is 1. The molecule has 4 nitrogen and oxygen atoms in total. The first-order chi connectivity index (χ1) is 13.3. The maximum atomic E-state index is 6.21. The largest absolute Gasteiger partial charge is 0.456 e. The number of fused-ring (bicyclic) bond motifs is 4. The Hall–Kier alpha value is -3.66. The van der Waals surface area contributed by atoms with Gasteiger partial charge in [-0.05, 0) is 29.8 Å². The van der Waals surface area contributed by atoms with Gasteiger partial charge in [-0.3, -0.25) is 5.10 Å². The number of pyridine rings is 1. The molecule has 0 saturated heterocycles. The lowest BCUT2D eigenvalue weighted by Crippen LogP contribution is -2.33. The van der Waals surface area contributed by atoms with Crippen molar-refractivity contribution in [2.45, 2.75) is 0 Å². The van der Waals surface area contributed by atoms with E-state index in [0.29, 0.717) is 0 Å². The Bertz CT molecular complexity index is 1350. The van der Waals surface area contributed by atoms with Crippen LogP contribution in [0.1, 0.15) is 0 Å². The third kappa shape index (κ3) is 1.92. The average molecular weight is 350 g/mol. The normalized spacial score (nSPS) is 12.2. The van der Waals surface area contributed by atoms with E-state index < -0.39 is 0 Å². The molecule has 2 aromatic heterocycles. The van der Waals surface area contributed by atoms with Gasteiger partial charge in [-0.25, -0.2) is 0 Å². The summed E-state index contributed by atoms with van der Waals surface area (Å²) < 4.78 is 8.49. The van der Waals surface area contributed by atoms with Crippen molar-refractivity contribution in [2.24, 2.45) is 7.05 Å². The van der Waals surface area contributed by atoms with Gasteiger partial charge in [0.25, 0.3) is 0 Å². The van der Waals surface area contributed by atoms with E-state index in [0.717, 1.165) is 28.2 Å². The number of aromatic amines is 1. The highest BCUT2D eigenvalue weighted by molar-refractivity contribution is 6.13. The summed E-state index contributed by atoms with van der Waals surface area (Å²) in [6, 6.07) is 21.1. The van der Waals surface area contributed by atoms with Gasteiger partial charge in [0.15, 0.2) is 0 Å². The summed E-state index contributed by atoms with van der Waals surface area (Å²) in [6.07, 6.45) is 3.78. The fraction of sp³-hybridized carbons (Fsp3) is 0.0435. The van der Waals surface area contributed by atoms with Gasteiger partial charge in [0, 0.05) is 23.2 Å². The SMILES string of the molecule is C[n+]1c2c3c(cccc3c3ccc(-c4cn[nH]c4)cc31)Oc1ccccc1-2. The summed E-state index contributed by atoms with van der Waals surface area (Å²) in [5, 5.41) is 10.6. The Morgan fingerprint density at radius 1 is 0.889 bits per heavy atom. The standard InChI is InChI=1S/C23H15N3O/c1-26-19-11-14(15-12-24-25-13-15)9-10-16(19)17-6-4-8-21-22(17)23(26)18-5-2-3-7-20(18)27-21/h2-13H,1H3/p+1. The quantitative estimate of drug-likeness (QED) is 0.336. The van der Waals surface area contributed by atoms with Crippen LogP contribution in [0.4, 0.5) is 0 Å². The predicted molar refractivity (Wildman–Crippen MR) is 106 cm³/mol. The van der Waals surface area contributed by atoms with Gasteiger partial charge in [0.2, 0.25) is 11.2 Å². The fourth-order valence-corrected chi connectivity index (χ4v) is 4.18. The van der Waals surface area contributed by atoms with Crippen LogP contribution in [0.25, 0.3) is 44.1 Å². The van der Waals surface area contributed by atoms with Crippen LogP contribution >= 0.6 is 0 Å². The number of hydrogen-bond donors (Lipinski definition) is 1. The molecule has 128 valence electrons. The molecule has 6 rings (SSSR count). The van der Waals surface area contributed by atoms with E-state index in [-0.39, 0.29) is 0 Å². The molecule has 5 aromatic rings. The highest BCUT2D eigenvalue weighted by Gasteiger charge is 2.29. The molecule has 0 fully saturated rings. The molecule has 4 heteroatoms. The summed E-state index contributed by atoms with van der Waals surface area (Å²) in [7, 11) is 2.13. The van der Waals surface area contributed by atoms with E-state index in [2.05, 4.69) is 64.3 Å². The summed E-state index contributed by atoms with van der Waals surface area (Å²) >= 11 is 0. The van der Waals surface area contributed by atoms with Crippen molar-refractivity contribution >= 4 is 21.7 Å². The summed E-state index contributed by atoms with van der Waals surface area (Å²) in [5.74, 6) is 1.82. The van der Waals surface area contributed by atoms with E-state index in [1.165, 1.54) is 27.4 Å². The molecule has 1 aliphatic heterocycles. The number of rotatable bonds is 1. The molecular formula is C23H16N3O+. The molecule has 27 heavy (non-hydrogen) atoms. The van der Waals surface area contributed by atoms with E-state index in [4.69, 9.17) is 4.74 Å². The van der Waals surface area contributed by atoms with Gasteiger partial charge in [-0.2, -0.15) is 9.67 Å². The minimum Gasteiger partial charge on any atom is -0.456 e. The van der Waals surface area contributed by atoms with Crippen LogP contribution in [0.3, 0.4) is 0 Å². The topological polar surface area (TPSA) is 41.8 Å². The van der Waals surface area contributed by atoms with Gasteiger partial charge < -0.3 is 4.74 Å². The lowest BCUT2D eigenvalue weighted by Gasteiger charge is -2.20. The smallest absolute Gasteiger partial charge is 0.228 e. The molecule has 0 aliphatic carbocycles. The Morgan fingerprint density at radius 2 is 1.78 bits per heavy atom. The lowest BCUT2D eigenvalue weighted by atomic mass is 9.95. The zero-order valence-electron chi connectivity index (χ0n) is 14.7. The van der Waals surface area contributed by atoms with Crippen LogP contribution in [-0.4, -0.2) is 10.2 Å². The second-order valence-electron chi connectivity index (χ2n) is 6.90. The Labute approximate surface area is 155 Å². The Kier molecular flexibility index (Phi) is 2.78. The van der Waals surface area contributed by atoms with Crippen LogP contribution < -0.4 is 9.30 Å². The highest BCUT2D eigenvalue weighted by atomic mass is 16.5. The van der Waals surface area contributed by atoms with Crippen molar-refractivity contribution in [2.75, 3.05) is 0 Å². The minimum absolute atomic E-state index is 0.901. The Balaban J connectivity index is 1.80. The number of benzene rings is 3. The molecule has 0 unspecified atom stereocenters. The molecule has 1 aliphatic rings. The average Bonchev–Trinajstić information content (AvgIpc) is 3.25. The number of nitrogens with one attached hydrogen (secondary N) is 1. The third-order valence-corrected chi connectivity index (χ3v) is 5.44. The van der Waals surface area contributed by atoms with Crippen molar-refractivity contribution < 1.29 is 9.30 Å². The molecule has 1 N–H and O–H groups in total. The molecule has 0 saturated carbocycles. The second kappa shape index (κ2) is 5.17. The second-order valence-corrected chi connectivity index (χ2v) is 6.90. The van der Waals surface area contributed by atoms with Crippen LogP contribution in [0, 0.1) is 0 Å². The molecular weight excluding hydrogens is 334 g/mol. The van der Waals surface area contributed by atoms with Crippen LogP contribution in [-0.2, 0) is 7.05 Å². The summed E-state index contributed by atoms with van der Waals surface area (Å²) in [5.41, 5.74) is 5.74. The van der Waals surface area contributed by atoms with Gasteiger partial charge in [0.1, 0.15) is 18.5 Å². The van der Waals surface area contributed by atoms with E-state index in [9.17, 15) is 0 Å². The molecule has 0 bridgehead atoms. The molecule has 0 spiro atoms. The number of ether oxygens (including phenoxy) is 1. The molecule has 3 aromatic carbocycles. The molecule has 3 heterocycles. The van der Waals surface area contributed by atoms with Gasteiger partial charge in [0.05, 0.1) is 22.5 Å². The zero-order chi connectivity index (χ0) is 18.0. The monoisotopic (exact) mass is 350 g/mol. The third-order valence-electron chi connectivity index (χ3n) is 5.44. The van der Waals surface area contributed by atoms with E-state index in [1.807, 2.05) is 30.6 Å². The summed E-state index contributed by atoms with van der Waals surface area (Å²) in [4.78, 5) is 0. The maximum Gasteiger partial charge on any atom is 0.228 e. The van der Waals surface area contributed by atoms with Gasteiger partial charge in [-0.1, -0.05) is 30.3 Å². The first kappa shape index (κ1) is 14.5. The van der Waals surface area contributed by atoms with Crippen LogP contribution in [0.2, 0.25) is 0 Å². The zero-order valence-corrected chi connectivity index (χ0v) is 14.7. The van der Waals surface area contributed by atoms with Crippen LogP contribution in [0.5, 0.6) is 11.5 Å². The number of nitrogens with zero attached hydrogens (tertiary/aromatic N) is 2. The molecule has 0 atom stereocenters. The molecule has 0 amide bonds. The van der Waals surface area contributed by atoms with Crippen molar-refractivity contribution in [3.05, 3.63) is 73.1 Å². The Morgan fingerprint density at radius 3 is 2.67 bits per heavy atom. The fourth-order valence-electron chi connectivity index (χ4n) is 4.18. The minimum atomic E-state index is 0.901. The van der Waals surface area contributed by atoms with Crippen molar-refractivity contribution in [1.29, 1.82) is 0 Å². The van der Waals surface area contributed by atoms with Crippen molar-refractivity contribution in [3.8, 4) is 33.9 Å². The first-order valence-electron chi connectivity index (χ1n) is 8.96. The highest BCUT2D eigenvalue weighted by Crippen LogP contribution is 2.46. The lowest BCUT2D eigenvalue weighted by molar-refractivity contribution is -0.632. The van der Waals surface area contributed by atoms with Crippen molar-refractivity contribution in [3.63, 3.8) is 0 Å². The molecule has 0 radical (unpaired) electrons. The first-order valence-corrected chi connectivity index (χ1v) is 8.96. The van der Waals surface area contributed by atoms with Crippen molar-refractivity contribution in [1.82, 2.24) is 10.2 Å². The number of para-hydroxylation sites is 1. The number of H-pyrrole nitrogens is 1.